The largest absolute Gasteiger partial charge is 0.494 e. The fourth-order valence-electron chi connectivity index (χ4n) is 2.23. The molecule has 0 amide bonds. The molecule has 1 N–H and O–H groups in total. The summed E-state index contributed by atoms with van der Waals surface area (Å²) in [4.78, 5) is 0. The Morgan fingerprint density at radius 3 is 2.28 bits per heavy atom. The average Bonchev–Trinajstić information content (AvgIpc) is 2.47. The number of aromatic nitrogens is 2. The average molecular weight is 246 g/mol. The molecule has 0 saturated carbocycles. The molecule has 0 spiro atoms. The van der Waals surface area contributed by atoms with E-state index in [4.69, 9.17) is 9.31 Å². The Balaban J connectivity index is 1.95. The highest BCUT2D eigenvalue weighted by molar-refractivity contribution is 6.62. The lowest BCUT2D eigenvalue weighted by atomic mass is 9.79. The van der Waals surface area contributed by atoms with Crippen molar-refractivity contribution in [3.05, 3.63) is 18.2 Å². The summed E-state index contributed by atoms with van der Waals surface area (Å²) < 4.78 is 14.1. The fourth-order valence-corrected chi connectivity index (χ4v) is 2.23. The van der Waals surface area contributed by atoms with Gasteiger partial charge in [-0.1, -0.05) is 6.07 Å². The highest BCUT2D eigenvalue weighted by atomic mass is 16.7. The van der Waals surface area contributed by atoms with Gasteiger partial charge < -0.3 is 9.31 Å². The van der Waals surface area contributed by atoms with Crippen molar-refractivity contribution in [3.8, 4) is 0 Å². The molecule has 2 aromatic rings. The van der Waals surface area contributed by atoms with Gasteiger partial charge in [0.05, 0.1) is 22.2 Å². The van der Waals surface area contributed by atoms with Gasteiger partial charge >= 0.3 is 7.12 Å². The summed E-state index contributed by atoms with van der Waals surface area (Å²) in [6.07, 6.45) is 0. The number of aryl methyl sites for hydroxylation is 1. The van der Waals surface area contributed by atoms with Gasteiger partial charge in [-0.3, -0.25) is 9.78 Å². The van der Waals surface area contributed by atoms with Crippen LogP contribution in [0.3, 0.4) is 0 Å². The molecule has 1 aromatic heterocycles. The second-order valence-electron chi connectivity index (χ2n) is 6.04. The first-order valence-electron chi connectivity index (χ1n) is 6.30. The van der Waals surface area contributed by atoms with Gasteiger partial charge in [0.25, 0.3) is 0 Å². The zero-order chi connectivity index (χ0) is 13.1. The number of aromatic amines is 1. The van der Waals surface area contributed by atoms with E-state index in [1.54, 1.807) is 0 Å². The van der Waals surface area contributed by atoms with Crippen LogP contribution in [0.15, 0.2) is 18.2 Å². The SMILES string of the molecule is Cn1[nH]c2ccc(B3OC(C)(C)C(C)(C)O3)cc21. The highest BCUT2D eigenvalue weighted by Gasteiger charge is 2.51. The fraction of sp³-hybridized carbons (Fsp3) is 0.538. The first kappa shape index (κ1) is 11.9. The maximum absolute atomic E-state index is 6.04. The molecule has 0 atom stereocenters. The standard InChI is InChI=1S/C13H19BN2O2/c1-12(2)13(3,4)18-14(17-12)9-6-7-10-11(8-9)16(5)15-10/h6-8,15H,1-5H3. The van der Waals surface area contributed by atoms with E-state index < -0.39 is 0 Å². The molecule has 3 rings (SSSR count). The summed E-state index contributed by atoms with van der Waals surface area (Å²) in [7, 11) is 1.71. The minimum absolute atomic E-state index is 0.283. The maximum atomic E-state index is 6.04. The topological polar surface area (TPSA) is 39.2 Å². The van der Waals surface area contributed by atoms with Crippen LogP contribution in [0.1, 0.15) is 27.7 Å². The van der Waals surface area contributed by atoms with Gasteiger partial charge in [0.1, 0.15) is 0 Å². The lowest BCUT2D eigenvalue weighted by Gasteiger charge is -2.32. The molecule has 0 aliphatic carbocycles. The number of rotatable bonds is 1. The molecule has 1 fully saturated rings. The van der Waals surface area contributed by atoms with Crippen LogP contribution >= 0.6 is 0 Å². The van der Waals surface area contributed by atoms with Crippen LogP contribution in [-0.2, 0) is 16.4 Å². The Labute approximate surface area is 107 Å². The number of benzene rings is 1. The minimum Gasteiger partial charge on any atom is -0.399 e. The first-order chi connectivity index (χ1) is 8.30. The second kappa shape index (κ2) is 3.42. The third-order valence-corrected chi connectivity index (χ3v) is 4.20. The maximum Gasteiger partial charge on any atom is 0.494 e. The second-order valence-corrected chi connectivity index (χ2v) is 6.04. The lowest BCUT2D eigenvalue weighted by molar-refractivity contribution is 0.00578. The first-order valence-corrected chi connectivity index (χ1v) is 6.30. The summed E-state index contributed by atoms with van der Waals surface area (Å²) in [5.41, 5.74) is 2.83. The predicted molar refractivity (Wildman–Crippen MR) is 73.0 cm³/mol. The van der Waals surface area contributed by atoms with E-state index in [0.717, 1.165) is 11.0 Å². The molecule has 96 valence electrons. The molecule has 0 bridgehead atoms. The van der Waals surface area contributed by atoms with Crippen molar-refractivity contribution in [1.82, 2.24) is 9.78 Å². The molecule has 0 unspecified atom stereocenters. The van der Waals surface area contributed by atoms with E-state index in [1.165, 1.54) is 5.52 Å². The van der Waals surface area contributed by atoms with Gasteiger partial charge in [-0.15, -0.1) is 0 Å². The quantitative estimate of drug-likeness (QED) is 0.779. The Bertz CT molecular complexity index is 581. The van der Waals surface area contributed by atoms with Crippen molar-refractivity contribution in [2.24, 2.45) is 7.05 Å². The molecule has 1 aliphatic rings. The van der Waals surface area contributed by atoms with Gasteiger partial charge in [-0.25, -0.2) is 0 Å². The molecule has 1 aromatic carbocycles. The van der Waals surface area contributed by atoms with Gasteiger partial charge in [-0.2, -0.15) is 0 Å². The van der Waals surface area contributed by atoms with Gasteiger partial charge in [-0.05, 0) is 45.3 Å². The van der Waals surface area contributed by atoms with Crippen LogP contribution in [0.25, 0.3) is 11.0 Å². The molecule has 0 radical (unpaired) electrons. The van der Waals surface area contributed by atoms with Crippen LogP contribution in [0.2, 0.25) is 0 Å². The highest BCUT2D eigenvalue weighted by Crippen LogP contribution is 2.36. The smallest absolute Gasteiger partial charge is 0.399 e. The summed E-state index contributed by atoms with van der Waals surface area (Å²) in [6.45, 7) is 8.29. The third-order valence-electron chi connectivity index (χ3n) is 4.20. The predicted octanol–water partition coefficient (Wildman–Crippen LogP) is 1.81. The van der Waals surface area contributed by atoms with Crippen molar-refractivity contribution in [1.29, 1.82) is 0 Å². The Morgan fingerprint density at radius 2 is 1.72 bits per heavy atom. The van der Waals surface area contributed by atoms with E-state index in [-0.39, 0.29) is 18.3 Å². The van der Waals surface area contributed by atoms with Crippen molar-refractivity contribution < 1.29 is 9.31 Å². The van der Waals surface area contributed by atoms with E-state index in [1.807, 2.05) is 11.7 Å². The molecule has 4 nitrogen and oxygen atoms in total. The molecule has 1 saturated heterocycles. The molecule has 18 heavy (non-hydrogen) atoms. The van der Waals surface area contributed by atoms with Crippen LogP contribution in [0, 0.1) is 0 Å². The number of H-pyrrole nitrogens is 1. The normalized spacial score (nSPS) is 21.9. The van der Waals surface area contributed by atoms with Crippen LogP contribution in [0.4, 0.5) is 0 Å². The van der Waals surface area contributed by atoms with Gasteiger partial charge in [0, 0.05) is 7.05 Å². The summed E-state index contributed by atoms with van der Waals surface area (Å²) in [5, 5.41) is 3.19. The zero-order valence-electron chi connectivity index (χ0n) is 11.6. The zero-order valence-corrected chi connectivity index (χ0v) is 11.6. The van der Waals surface area contributed by atoms with Crippen LogP contribution in [0.5, 0.6) is 0 Å². The van der Waals surface area contributed by atoms with Crippen molar-refractivity contribution in [3.63, 3.8) is 0 Å². The van der Waals surface area contributed by atoms with Crippen molar-refractivity contribution >= 4 is 23.6 Å². The molecular formula is C13H19BN2O2. The minimum atomic E-state index is -0.287. The molecular weight excluding hydrogens is 227 g/mol. The van der Waals surface area contributed by atoms with Gasteiger partial charge in [0.15, 0.2) is 0 Å². The molecule has 1 aliphatic heterocycles. The van der Waals surface area contributed by atoms with E-state index in [0.29, 0.717) is 0 Å². The molecule has 5 heteroatoms. The summed E-state index contributed by atoms with van der Waals surface area (Å²) >= 11 is 0. The number of hydrogen-bond donors (Lipinski definition) is 1. The van der Waals surface area contributed by atoms with Gasteiger partial charge in [0.2, 0.25) is 0 Å². The monoisotopic (exact) mass is 246 g/mol. The third kappa shape index (κ3) is 1.54. The number of fused-ring (bicyclic) bond motifs is 1. The number of nitrogens with one attached hydrogen (secondary N) is 1. The van der Waals surface area contributed by atoms with E-state index >= 15 is 0 Å². The Hall–Kier alpha value is -1.20. The van der Waals surface area contributed by atoms with Crippen LogP contribution < -0.4 is 5.46 Å². The summed E-state index contributed by atoms with van der Waals surface area (Å²) in [6, 6.07) is 6.24. The lowest BCUT2D eigenvalue weighted by Crippen LogP contribution is -2.41. The van der Waals surface area contributed by atoms with Crippen molar-refractivity contribution in [2.45, 2.75) is 38.9 Å². The van der Waals surface area contributed by atoms with E-state index in [2.05, 4.69) is 51.0 Å². The Kier molecular flexibility index (Phi) is 2.26. The molecule has 2 heterocycles. The van der Waals surface area contributed by atoms with E-state index in [9.17, 15) is 0 Å². The van der Waals surface area contributed by atoms with Crippen LogP contribution in [-0.4, -0.2) is 28.1 Å². The van der Waals surface area contributed by atoms with Crippen molar-refractivity contribution in [2.75, 3.05) is 0 Å². The summed E-state index contributed by atoms with van der Waals surface area (Å²) in [5.74, 6) is 0. The number of hydrogen-bond acceptors (Lipinski definition) is 2. The Morgan fingerprint density at radius 1 is 1.11 bits per heavy atom. The number of nitrogens with zero attached hydrogens (tertiary/aromatic N) is 1.